The minimum absolute atomic E-state index is 0.437. The van der Waals surface area contributed by atoms with Crippen molar-refractivity contribution in [3.63, 3.8) is 0 Å². The van der Waals surface area contributed by atoms with Crippen LogP contribution in [0, 0.1) is 0 Å². The Morgan fingerprint density at radius 3 is 2.90 bits per heavy atom. The van der Waals surface area contributed by atoms with Crippen LogP contribution >= 0.6 is 0 Å². The van der Waals surface area contributed by atoms with Crippen LogP contribution in [0.3, 0.4) is 0 Å². The molecular formula is C23H35N5O2. The molecule has 0 aromatic carbocycles. The first-order chi connectivity index (χ1) is 14.8. The highest BCUT2D eigenvalue weighted by Gasteiger charge is 2.20. The Kier molecular flexibility index (Phi) is 9.69. The normalized spacial score (nSPS) is 16.0. The fourth-order valence-corrected chi connectivity index (χ4v) is 3.56. The van der Waals surface area contributed by atoms with E-state index in [-0.39, 0.29) is 0 Å². The van der Waals surface area contributed by atoms with Crippen LogP contribution < -0.4 is 10.6 Å². The Hall–Kier alpha value is -2.38. The minimum Gasteiger partial charge on any atom is -0.469 e. The van der Waals surface area contributed by atoms with Crippen LogP contribution in [0.1, 0.15) is 37.6 Å². The van der Waals surface area contributed by atoms with Gasteiger partial charge in [-0.3, -0.25) is 14.9 Å². The van der Waals surface area contributed by atoms with Gasteiger partial charge in [0, 0.05) is 64.6 Å². The number of pyridine rings is 1. The van der Waals surface area contributed by atoms with Crippen molar-refractivity contribution < 1.29 is 9.15 Å². The lowest BCUT2D eigenvalue weighted by Crippen LogP contribution is -2.49. The smallest absolute Gasteiger partial charge is 0.191 e. The molecule has 0 radical (unpaired) electrons. The molecule has 0 unspecified atom stereocenters. The zero-order valence-corrected chi connectivity index (χ0v) is 18.1. The molecule has 1 fully saturated rings. The van der Waals surface area contributed by atoms with Crippen LogP contribution in [0.2, 0.25) is 0 Å². The first-order valence-electron chi connectivity index (χ1n) is 11.1. The number of aliphatic imine (C=N–C) groups is 1. The van der Waals surface area contributed by atoms with E-state index >= 15 is 0 Å². The zero-order chi connectivity index (χ0) is 20.9. The summed E-state index contributed by atoms with van der Waals surface area (Å²) in [6.07, 6.45) is 7.56. The molecule has 0 atom stereocenters. The molecule has 2 aromatic heterocycles. The molecule has 1 aliphatic heterocycles. The Bertz CT molecular complexity index is 712. The molecule has 0 bridgehead atoms. The van der Waals surface area contributed by atoms with E-state index in [2.05, 4.69) is 32.7 Å². The van der Waals surface area contributed by atoms with Crippen LogP contribution in [0.4, 0.5) is 0 Å². The first kappa shape index (κ1) is 22.3. The van der Waals surface area contributed by atoms with Crippen molar-refractivity contribution in [1.29, 1.82) is 0 Å². The monoisotopic (exact) mass is 413 g/mol. The van der Waals surface area contributed by atoms with Gasteiger partial charge in [-0.15, -0.1) is 0 Å². The maximum Gasteiger partial charge on any atom is 0.191 e. The van der Waals surface area contributed by atoms with E-state index in [9.17, 15) is 0 Å². The number of ether oxygens (including phenoxy) is 1. The van der Waals surface area contributed by atoms with Gasteiger partial charge in [-0.2, -0.15) is 0 Å². The van der Waals surface area contributed by atoms with Gasteiger partial charge in [0.1, 0.15) is 5.76 Å². The lowest BCUT2D eigenvalue weighted by molar-refractivity contribution is 0.146. The van der Waals surface area contributed by atoms with E-state index in [1.54, 1.807) is 6.26 Å². The number of hydrogen-bond acceptors (Lipinski definition) is 5. The fourth-order valence-electron chi connectivity index (χ4n) is 3.56. The van der Waals surface area contributed by atoms with E-state index in [1.807, 2.05) is 31.3 Å². The predicted molar refractivity (Wildman–Crippen MR) is 119 cm³/mol. The second kappa shape index (κ2) is 13.0. The molecule has 0 saturated carbocycles. The molecule has 3 rings (SSSR count). The predicted octanol–water partition coefficient (Wildman–Crippen LogP) is 2.84. The van der Waals surface area contributed by atoms with Crippen LogP contribution in [0.15, 0.2) is 52.2 Å². The lowest BCUT2D eigenvalue weighted by atomic mass is 10.0. The summed E-state index contributed by atoms with van der Waals surface area (Å²) in [5, 5.41) is 7.10. The second-order valence-electron chi connectivity index (χ2n) is 7.55. The van der Waals surface area contributed by atoms with Crippen molar-refractivity contribution in [2.24, 2.45) is 4.99 Å². The van der Waals surface area contributed by atoms with Crippen molar-refractivity contribution in [2.45, 2.75) is 45.2 Å². The highest BCUT2D eigenvalue weighted by Crippen LogP contribution is 2.13. The van der Waals surface area contributed by atoms with Crippen molar-refractivity contribution in [3.8, 4) is 0 Å². The van der Waals surface area contributed by atoms with Crippen LogP contribution in [0.5, 0.6) is 0 Å². The molecule has 1 aliphatic rings. The summed E-state index contributed by atoms with van der Waals surface area (Å²) in [6, 6.07) is 10.5. The highest BCUT2D eigenvalue weighted by molar-refractivity contribution is 5.80. The summed E-state index contributed by atoms with van der Waals surface area (Å²) in [7, 11) is 0. The van der Waals surface area contributed by atoms with Gasteiger partial charge >= 0.3 is 0 Å². The van der Waals surface area contributed by atoms with E-state index in [4.69, 9.17) is 14.1 Å². The van der Waals surface area contributed by atoms with Crippen LogP contribution in [-0.4, -0.2) is 61.3 Å². The maximum atomic E-state index is 5.42. The Morgan fingerprint density at radius 1 is 1.27 bits per heavy atom. The molecule has 2 aromatic rings. The number of nitrogens with one attached hydrogen (secondary N) is 2. The molecule has 0 spiro atoms. The van der Waals surface area contributed by atoms with Crippen molar-refractivity contribution in [1.82, 2.24) is 20.5 Å². The fraction of sp³-hybridized carbons (Fsp3) is 0.565. The van der Waals surface area contributed by atoms with Gasteiger partial charge in [-0.25, -0.2) is 0 Å². The number of hydrogen-bond donors (Lipinski definition) is 2. The molecule has 7 heteroatoms. The third-order valence-corrected chi connectivity index (χ3v) is 5.20. The molecule has 0 amide bonds. The Balaban J connectivity index is 1.43. The Morgan fingerprint density at radius 2 is 2.17 bits per heavy atom. The largest absolute Gasteiger partial charge is 0.469 e. The summed E-state index contributed by atoms with van der Waals surface area (Å²) in [5.74, 6) is 1.88. The number of guanidine groups is 1. The quantitative estimate of drug-likeness (QED) is 0.335. The zero-order valence-electron chi connectivity index (χ0n) is 18.1. The van der Waals surface area contributed by atoms with Crippen molar-refractivity contribution >= 4 is 5.96 Å². The van der Waals surface area contributed by atoms with Gasteiger partial charge in [0.25, 0.3) is 0 Å². The van der Waals surface area contributed by atoms with Crippen LogP contribution in [-0.2, 0) is 17.7 Å². The molecule has 3 heterocycles. The molecule has 2 N–H and O–H groups in total. The van der Waals surface area contributed by atoms with Gasteiger partial charge in [-0.05, 0) is 50.5 Å². The number of likely N-dealkylation sites (tertiary alicyclic amines) is 1. The number of aromatic nitrogens is 1. The summed E-state index contributed by atoms with van der Waals surface area (Å²) in [5.41, 5.74) is 1.14. The van der Waals surface area contributed by atoms with Gasteiger partial charge in [-0.1, -0.05) is 6.07 Å². The maximum absolute atomic E-state index is 5.42. The number of nitrogens with zero attached hydrogens (tertiary/aromatic N) is 3. The number of piperidine rings is 1. The Labute approximate surface area is 179 Å². The molecule has 1 saturated heterocycles. The molecule has 7 nitrogen and oxygen atoms in total. The number of rotatable bonds is 11. The van der Waals surface area contributed by atoms with E-state index in [0.29, 0.717) is 6.04 Å². The lowest BCUT2D eigenvalue weighted by Gasteiger charge is -2.33. The third kappa shape index (κ3) is 8.16. The van der Waals surface area contributed by atoms with Crippen molar-refractivity contribution in [2.75, 3.05) is 39.4 Å². The van der Waals surface area contributed by atoms with Gasteiger partial charge in [0.15, 0.2) is 5.96 Å². The number of furan rings is 1. The van der Waals surface area contributed by atoms with Gasteiger partial charge in [0.05, 0.1) is 12.0 Å². The topological polar surface area (TPSA) is 74.9 Å². The van der Waals surface area contributed by atoms with E-state index < -0.39 is 0 Å². The summed E-state index contributed by atoms with van der Waals surface area (Å²) in [6.45, 7) is 8.15. The molecular weight excluding hydrogens is 378 g/mol. The molecule has 0 aliphatic carbocycles. The second-order valence-corrected chi connectivity index (χ2v) is 7.55. The summed E-state index contributed by atoms with van der Waals surface area (Å²) in [4.78, 5) is 11.7. The standard InChI is InChI=1S/C23H35N5O2/c1-2-29-17-6-13-25-23(26-14-9-22-8-5-18-30-22)27-20-10-15-28(16-11-20)19-21-7-3-4-12-24-21/h3-5,7-8,12,18,20H,2,6,9-11,13-17,19H2,1H3,(H2,25,26,27). The van der Waals surface area contributed by atoms with E-state index in [0.717, 1.165) is 89.0 Å². The first-order valence-corrected chi connectivity index (χ1v) is 11.1. The summed E-state index contributed by atoms with van der Waals surface area (Å²) >= 11 is 0. The van der Waals surface area contributed by atoms with E-state index in [1.165, 1.54) is 0 Å². The SMILES string of the molecule is CCOCCCN=C(NCCc1ccco1)NC1CCN(Cc2ccccn2)CC1. The highest BCUT2D eigenvalue weighted by atomic mass is 16.5. The average Bonchev–Trinajstić information content (AvgIpc) is 3.29. The summed E-state index contributed by atoms with van der Waals surface area (Å²) < 4.78 is 10.8. The van der Waals surface area contributed by atoms with Crippen LogP contribution in [0.25, 0.3) is 0 Å². The molecule has 30 heavy (non-hydrogen) atoms. The molecule has 164 valence electrons. The average molecular weight is 414 g/mol. The van der Waals surface area contributed by atoms with Gasteiger partial charge in [0.2, 0.25) is 0 Å². The minimum atomic E-state index is 0.437. The van der Waals surface area contributed by atoms with Crippen molar-refractivity contribution in [3.05, 3.63) is 54.2 Å². The van der Waals surface area contributed by atoms with Gasteiger partial charge < -0.3 is 19.8 Å². The third-order valence-electron chi connectivity index (χ3n) is 5.20.